The lowest BCUT2D eigenvalue weighted by Gasteiger charge is -2.42. The Bertz CT molecular complexity index is 644. The van der Waals surface area contributed by atoms with E-state index in [0.717, 1.165) is 24.8 Å². The Hall–Kier alpha value is -1.17. The lowest BCUT2D eigenvalue weighted by molar-refractivity contribution is 0.224. The van der Waals surface area contributed by atoms with Gasteiger partial charge in [-0.2, -0.15) is 4.72 Å². The van der Waals surface area contributed by atoms with E-state index in [1.54, 1.807) is 17.5 Å². The van der Waals surface area contributed by atoms with Gasteiger partial charge in [0, 0.05) is 0 Å². The van der Waals surface area contributed by atoms with Gasteiger partial charge in [0.2, 0.25) is 0 Å². The normalized spacial score (nSPS) is 17.9. The molecule has 0 unspecified atom stereocenters. The summed E-state index contributed by atoms with van der Waals surface area (Å²) < 4.78 is 28.0. The standard InChI is InChI=1S/C14H15NO2S2/c16-19(17,13-8-4-11-18-13)15-14(9-5-10-14)12-6-2-1-3-7-12/h1-4,6-8,11,15H,5,9-10H2. The summed E-state index contributed by atoms with van der Waals surface area (Å²) in [6.45, 7) is 0. The zero-order valence-corrected chi connectivity index (χ0v) is 12.0. The second-order valence-electron chi connectivity index (χ2n) is 4.84. The maximum absolute atomic E-state index is 12.4. The smallest absolute Gasteiger partial charge is 0.206 e. The summed E-state index contributed by atoms with van der Waals surface area (Å²) in [4.78, 5) is 0. The largest absolute Gasteiger partial charge is 0.250 e. The molecule has 1 fully saturated rings. The molecule has 1 aliphatic carbocycles. The monoisotopic (exact) mass is 293 g/mol. The number of sulfonamides is 1. The van der Waals surface area contributed by atoms with Gasteiger partial charge in [-0.3, -0.25) is 0 Å². The van der Waals surface area contributed by atoms with Crippen LogP contribution in [0.15, 0.2) is 52.1 Å². The molecule has 19 heavy (non-hydrogen) atoms. The highest BCUT2D eigenvalue weighted by molar-refractivity contribution is 7.91. The molecule has 0 aliphatic heterocycles. The van der Waals surface area contributed by atoms with Crippen molar-refractivity contribution < 1.29 is 8.42 Å². The highest BCUT2D eigenvalue weighted by Gasteiger charge is 2.42. The number of nitrogens with one attached hydrogen (secondary N) is 1. The molecule has 0 saturated heterocycles. The first-order valence-corrected chi connectivity index (χ1v) is 8.62. The first-order valence-electron chi connectivity index (χ1n) is 6.25. The molecule has 1 aliphatic rings. The minimum atomic E-state index is -3.42. The number of rotatable bonds is 4. The molecule has 2 aromatic rings. The molecule has 1 saturated carbocycles. The molecule has 1 N–H and O–H groups in total. The molecule has 0 spiro atoms. The summed E-state index contributed by atoms with van der Waals surface area (Å²) in [5.41, 5.74) is 0.644. The average molecular weight is 293 g/mol. The van der Waals surface area contributed by atoms with Gasteiger partial charge in [0.05, 0.1) is 5.54 Å². The second-order valence-corrected chi connectivity index (χ2v) is 7.70. The quantitative estimate of drug-likeness (QED) is 0.941. The highest BCUT2D eigenvalue weighted by Crippen LogP contribution is 2.42. The van der Waals surface area contributed by atoms with Crippen LogP contribution in [0.25, 0.3) is 0 Å². The van der Waals surface area contributed by atoms with E-state index in [1.807, 2.05) is 30.3 Å². The van der Waals surface area contributed by atoms with Gasteiger partial charge in [0.25, 0.3) is 10.0 Å². The molecule has 100 valence electrons. The first-order chi connectivity index (χ1) is 9.12. The fraction of sp³-hybridized carbons (Fsp3) is 0.286. The van der Waals surface area contributed by atoms with Crippen LogP contribution in [0, 0.1) is 0 Å². The molecular formula is C14H15NO2S2. The average Bonchev–Trinajstić information content (AvgIpc) is 2.90. The lowest BCUT2D eigenvalue weighted by atomic mass is 9.73. The number of thiophene rings is 1. The van der Waals surface area contributed by atoms with Crippen LogP contribution in [0.1, 0.15) is 24.8 Å². The van der Waals surface area contributed by atoms with Gasteiger partial charge in [-0.25, -0.2) is 8.42 Å². The summed E-state index contributed by atoms with van der Waals surface area (Å²) in [7, 11) is -3.42. The van der Waals surface area contributed by atoms with Crippen molar-refractivity contribution in [2.75, 3.05) is 0 Å². The molecule has 1 heterocycles. The third-order valence-electron chi connectivity index (χ3n) is 3.62. The molecule has 3 rings (SSSR count). The van der Waals surface area contributed by atoms with E-state index in [9.17, 15) is 8.42 Å². The predicted octanol–water partition coefficient (Wildman–Crippen LogP) is 3.11. The Morgan fingerprint density at radius 1 is 1.05 bits per heavy atom. The Kier molecular flexibility index (Phi) is 3.20. The van der Waals surface area contributed by atoms with Crippen LogP contribution in [0.5, 0.6) is 0 Å². The number of hydrogen-bond acceptors (Lipinski definition) is 3. The van der Waals surface area contributed by atoms with E-state index in [1.165, 1.54) is 11.3 Å². The van der Waals surface area contributed by atoms with E-state index in [-0.39, 0.29) is 0 Å². The SMILES string of the molecule is O=S(=O)(NC1(c2ccccc2)CCC1)c1cccs1. The fourth-order valence-corrected chi connectivity index (χ4v) is 4.90. The Balaban J connectivity index is 1.93. The van der Waals surface area contributed by atoms with Gasteiger partial charge in [-0.1, -0.05) is 36.4 Å². The summed E-state index contributed by atoms with van der Waals surface area (Å²) in [5.74, 6) is 0. The van der Waals surface area contributed by atoms with E-state index in [0.29, 0.717) is 4.21 Å². The van der Waals surface area contributed by atoms with Crippen molar-refractivity contribution in [3.8, 4) is 0 Å². The molecule has 3 nitrogen and oxygen atoms in total. The van der Waals surface area contributed by atoms with Crippen molar-refractivity contribution in [3.63, 3.8) is 0 Å². The van der Waals surface area contributed by atoms with Crippen molar-refractivity contribution in [2.24, 2.45) is 0 Å². The third-order valence-corrected chi connectivity index (χ3v) is 6.56. The van der Waals surface area contributed by atoms with Crippen LogP contribution in [-0.2, 0) is 15.6 Å². The summed E-state index contributed by atoms with van der Waals surface area (Å²) in [6.07, 6.45) is 2.78. The Morgan fingerprint density at radius 3 is 2.32 bits per heavy atom. The maximum Gasteiger partial charge on any atom is 0.250 e. The molecule has 0 amide bonds. The molecule has 0 radical (unpaired) electrons. The second kappa shape index (κ2) is 4.74. The maximum atomic E-state index is 12.4. The summed E-state index contributed by atoms with van der Waals surface area (Å²) in [5, 5.41) is 1.78. The van der Waals surface area contributed by atoms with Crippen LogP contribution in [0.2, 0.25) is 0 Å². The molecule has 1 aromatic heterocycles. The minimum absolute atomic E-state index is 0.384. The number of benzene rings is 1. The van der Waals surface area contributed by atoms with Crippen LogP contribution < -0.4 is 4.72 Å². The van der Waals surface area contributed by atoms with Crippen molar-refractivity contribution >= 4 is 21.4 Å². The van der Waals surface area contributed by atoms with E-state index >= 15 is 0 Å². The van der Waals surface area contributed by atoms with Gasteiger partial charge in [0.1, 0.15) is 4.21 Å². The van der Waals surface area contributed by atoms with Gasteiger partial charge >= 0.3 is 0 Å². The lowest BCUT2D eigenvalue weighted by Crippen LogP contribution is -2.50. The highest BCUT2D eigenvalue weighted by atomic mass is 32.2. The molecule has 1 aromatic carbocycles. The van der Waals surface area contributed by atoms with Gasteiger partial charge in [-0.05, 0) is 36.3 Å². The van der Waals surface area contributed by atoms with Gasteiger partial charge in [-0.15, -0.1) is 11.3 Å². The van der Waals surface area contributed by atoms with Crippen molar-refractivity contribution in [2.45, 2.75) is 29.0 Å². The van der Waals surface area contributed by atoms with E-state index in [2.05, 4.69) is 4.72 Å². The number of hydrogen-bond donors (Lipinski definition) is 1. The Labute approximate surface area is 117 Å². The van der Waals surface area contributed by atoms with Crippen LogP contribution >= 0.6 is 11.3 Å². The summed E-state index contributed by atoms with van der Waals surface area (Å²) in [6, 6.07) is 13.2. The van der Waals surface area contributed by atoms with Crippen LogP contribution in [0.3, 0.4) is 0 Å². The molecule has 5 heteroatoms. The van der Waals surface area contributed by atoms with Gasteiger partial charge < -0.3 is 0 Å². The molecular weight excluding hydrogens is 278 g/mol. The van der Waals surface area contributed by atoms with Crippen molar-refractivity contribution in [1.82, 2.24) is 4.72 Å². The minimum Gasteiger partial charge on any atom is -0.206 e. The zero-order chi connectivity index (χ0) is 13.3. The fourth-order valence-electron chi connectivity index (χ4n) is 2.46. The summed E-state index contributed by atoms with van der Waals surface area (Å²) >= 11 is 1.25. The molecule has 0 bridgehead atoms. The van der Waals surface area contributed by atoms with Gasteiger partial charge in [0.15, 0.2) is 0 Å². The first kappa shape index (κ1) is 12.8. The zero-order valence-electron chi connectivity index (χ0n) is 10.4. The van der Waals surface area contributed by atoms with E-state index in [4.69, 9.17) is 0 Å². The molecule has 0 atom stereocenters. The van der Waals surface area contributed by atoms with Crippen molar-refractivity contribution in [1.29, 1.82) is 0 Å². The predicted molar refractivity (Wildman–Crippen MR) is 76.6 cm³/mol. The van der Waals surface area contributed by atoms with E-state index < -0.39 is 15.6 Å². The Morgan fingerprint density at radius 2 is 1.79 bits per heavy atom. The third kappa shape index (κ3) is 2.33. The van der Waals surface area contributed by atoms with Crippen LogP contribution in [0.4, 0.5) is 0 Å². The van der Waals surface area contributed by atoms with Crippen LogP contribution in [-0.4, -0.2) is 8.42 Å². The van der Waals surface area contributed by atoms with Crippen molar-refractivity contribution in [3.05, 3.63) is 53.4 Å². The topological polar surface area (TPSA) is 46.2 Å².